The highest BCUT2D eigenvalue weighted by atomic mass is 16.5. The van der Waals surface area contributed by atoms with Gasteiger partial charge in [-0.05, 0) is 29.9 Å². The number of nitrogens with one attached hydrogen (secondary N) is 1. The van der Waals surface area contributed by atoms with Crippen LogP contribution in [0.5, 0.6) is 0 Å². The van der Waals surface area contributed by atoms with Gasteiger partial charge in [0, 0.05) is 30.2 Å². The van der Waals surface area contributed by atoms with Gasteiger partial charge in [0.25, 0.3) is 5.91 Å². The zero-order chi connectivity index (χ0) is 17.1. The number of rotatable bonds is 4. The fourth-order valence-electron chi connectivity index (χ4n) is 3.58. The van der Waals surface area contributed by atoms with E-state index in [1.165, 1.54) is 0 Å². The van der Waals surface area contributed by atoms with Crippen molar-refractivity contribution in [2.45, 2.75) is 26.7 Å². The Morgan fingerprint density at radius 3 is 2.67 bits per heavy atom. The second kappa shape index (κ2) is 7.07. The van der Waals surface area contributed by atoms with E-state index in [0.717, 1.165) is 36.0 Å². The molecule has 0 spiro atoms. The molecule has 0 unspecified atom stereocenters. The van der Waals surface area contributed by atoms with Gasteiger partial charge < -0.3 is 14.6 Å². The number of ether oxygens (including phenoxy) is 1. The molecule has 1 amide bonds. The van der Waals surface area contributed by atoms with Crippen LogP contribution in [0.15, 0.2) is 30.5 Å². The van der Waals surface area contributed by atoms with Crippen molar-refractivity contribution in [3.8, 4) is 0 Å². The van der Waals surface area contributed by atoms with E-state index >= 15 is 0 Å². The highest BCUT2D eigenvalue weighted by Gasteiger charge is 2.26. The van der Waals surface area contributed by atoms with E-state index in [4.69, 9.17) is 4.74 Å². The van der Waals surface area contributed by atoms with Crippen molar-refractivity contribution in [3.05, 3.63) is 36.0 Å². The summed E-state index contributed by atoms with van der Waals surface area (Å²) in [7, 11) is 0. The predicted octanol–water partition coefficient (Wildman–Crippen LogP) is 2.76. The zero-order valence-corrected chi connectivity index (χ0v) is 14.2. The third-order valence-electron chi connectivity index (χ3n) is 4.59. The number of benzene rings is 1. The fourth-order valence-corrected chi connectivity index (χ4v) is 3.58. The van der Waals surface area contributed by atoms with Crippen LogP contribution in [-0.2, 0) is 20.7 Å². The molecule has 1 aliphatic heterocycles. The Kier molecular flexibility index (Phi) is 4.88. The molecule has 0 radical (unpaired) electrons. The van der Waals surface area contributed by atoms with Crippen LogP contribution in [0, 0.1) is 11.8 Å². The number of aromatic nitrogens is 1. The number of para-hydroxylation sites is 1. The van der Waals surface area contributed by atoms with Crippen LogP contribution in [0.2, 0.25) is 0 Å². The lowest BCUT2D eigenvalue weighted by Gasteiger charge is -2.34. The lowest BCUT2D eigenvalue weighted by atomic mass is 9.92. The molecule has 0 bridgehead atoms. The SMILES string of the molecule is C[C@@H]1C[C@H](C)CN(C(=O)COC(=O)Cc2c[nH]c3ccccc23)C1. The van der Waals surface area contributed by atoms with Crippen LogP contribution in [0.4, 0.5) is 0 Å². The van der Waals surface area contributed by atoms with Crippen LogP contribution in [-0.4, -0.2) is 41.5 Å². The van der Waals surface area contributed by atoms with Crippen molar-refractivity contribution in [3.63, 3.8) is 0 Å². The molecule has 1 fully saturated rings. The summed E-state index contributed by atoms with van der Waals surface area (Å²) in [4.78, 5) is 29.3. The van der Waals surface area contributed by atoms with Gasteiger partial charge >= 0.3 is 5.97 Å². The summed E-state index contributed by atoms with van der Waals surface area (Å²) in [5.74, 6) is 0.533. The zero-order valence-electron chi connectivity index (χ0n) is 14.2. The first-order valence-electron chi connectivity index (χ1n) is 8.51. The molecule has 1 N–H and O–H groups in total. The summed E-state index contributed by atoms with van der Waals surface area (Å²) < 4.78 is 5.21. The number of hydrogen-bond acceptors (Lipinski definition) is 3. The molecular weight excluding hydrogens is 304 g/mol. The first-order valence-corrected chi connectivity index (χ1v) is 8.51. The van der Waals surface area contributed by atoms with E-state index in [1.54, 1.807) is 0 Å². The molecule has 1 aromatic carbocycles. The maximum absolute atomic E-state index is 12.3. The summed E-state index contributed by atoms with van der Waals surface area (Å²) in [6.07, 6.45) is 3.13. The smallest absolute Gasteiger partial charge is 0.310 e. The van der Waals surface area contributed by atoms with E-state index in [9.17, 15) is 9.59 Å². The topological polar surface area (TPSA) is 62.4 Å². The van der Waals surface area contributed by atoms with E-state index < -0.39 is 0 Å². The van der Waals surface area contributed by atoms with Gasteiger partial charge in [-0.3, -0.25) is 9.59 Å². The maximum atomic E-state index is 12.3. The van der Waals surface area contributed by atoms with Gasteiger partial charge in [-0.1, -0.05) is 32.0 Å². The van der Waals surface area contributed by atoms with E-state index in [2.05, 4.69) is 18.8 Å². The normalized spacial score (nSPS) is 21.0. The number of fused-ring (bicyclic) bond motifs is 1. The van der Waals surface area contributed by atoms with E-state index in [1.807, 2.05) is 35.4 Å². The summed E-state index contributed by atoms with van der Waals surface area (Å²) in [6.45, 7) is 5.64. The number of hydrogen-bond donors (Lipinski definition) is 1. The Morgan fingerprint density at radius 1 is 1.21 bits per heavy atom. The minimum absolute atomic E-state index is 0.0966. The molecule has 1 saturated heterocycles. The summed E-state index contributed by atoms with van der Waals surface area (Å²) in [5.41, 5.74) is 1.89. The van der Waals surface area contributed by atoms with Crippen LogP contribution in [0.1, 0.15) is 25.8 Å². The Balaban J connectivity index is 1.53. The Labute approximate surface area is 142 Å². The second-order valence-electron chi connectivity index (χ2n) is 6.94. The number of likely N-dealkylation sites (tertiary alicyclic amines) is 1. The lowest BCUT2D eigenvalue weighted by molar-refractivity contribution is -0.152. The average Bonchev–Trinajstić information content (AvgIpc) is 2.95. The minimum atomic E-state index is -0.369. The number of nitrogens with zero attached hydrogens (tertiary/aromatic N) is 1. The van der Waals surface area contributed by atoms with Gasteiger partial charge in [-0.15, -0.1) is 0 Å². The summed E-state index contributed by atoms with van der Waals surface area (Å²) in [6, 6.07) is 7.82. The molecule has 5 heteroatoms. The second-order valence-corrected chi connectivity index (χ2v) is 6.94. The number of amides is 1. The first-order chi connectivity index (χ1) is 11.5. The monoisotopic (exact) mass is 328 g/mol. The Hall–Kier alpha value is -2.30. The molecule has 3 rings (SSSR count). The number of aromatic amines is 1. The van der Waals surface area contributed by atoms with E-state index in [-0.39, 0.29) is 24.9 Å². The third kappa shape index (κ3) is 3.78. The highest BCUT2D eigenvalue weighted by molar-refractivity contribution is 5.88. The molecule has 1 aromatic heterocycles. The van der Waals surface area contributed by atoms with Gasteiger partial charge in [-0.25, -0.2) is 0 Å². The standard InChI is InChI=1S/C19H24N2O3/c1-13-7-14(2)11-21(10-13)18(22)12-24-19(23)8-15-9-20-17-6-4-3-5-16(15)17/h3-6,9,13-14,20H,7-8,10-12H2,1-2H3/t13-,14+. The van der Waals surface area contributed by atoms with E-state index in [0.29, 0.717) is 11.8 Å². The molecule has 5 nitrogen and oxygen atoms in total. The molecular formula is C19H24N2O3. The molecule has 2 atom stereocenters. The van der Waals surface area contributed by atoms with Gasteiger partial charge in [0.1, 0.15) is 0 Å². The van der Waals surface area contributed by atoms with Crippen molar-refractivity contribution < 1.29 is 14.3 Å². The largest absolute Gasteiger partial charge is 0.455 e. The molecule has 128 valence electrons. The number of esters is 1. The quantitative estimate of drug-likeness (QED) is 0.878. The predicted molar refractivity (Wildman–Crippen MR) is 92.5 cm³/mol. The molecule has 24 heavy (non-hydrogen) atoms. The number of carbonyl (C=O) groups is 2. The van der Waals surface area contributed by atoms with Crippen LogP contribution in [0.3, 0.4) is 0 Å². The van der Waals surface area contributed by atoms with Gasteiger partial charge in [0.15, 0.2) is 6.61 Å². The number of carbonyl (C=O) groups excluding carboxylic acids is 2. The molecule has 0 saturated carbocycles. The van der Waals surface area contributed by atoms with Crippen molar-refractivity contribution in [2.75, 3.05) is 19.7 Å². The van der Waals surface area contributed by atoms with Crippen molar-refractivity contribution >= 4 is 22.8 Å². The highest BCUT2D eigenvalue weighted by Crippen LogP contribution is 2.21. The summed E-state index contributed by atoms with van der Waals surface area (Å²) in [5, 5.41) is 1.01. The third-order valence-corrected chi connectivity index (χ3v) is 4.59. The van der Waals surface area contributed by atoms with Crippen molar-refractivity contribution in [1.82, 2.24) is 9.88 Å². The molecule has 1 aliphatic rings. The van der Waals surface area contributed by atoms with Crippen LogP contribution < -0.4 is 0 Å². The van der Waals surface area contributed by atoms with Crippen LogP contribution in [0.25, 0.3) is 10.9 Å². The Morgan fingerprint density at radius 2 is 1.92 bits per heavy atom. The first kappa shape index (κ1) is 16.6. The summed E-state index contributed by atoms with van der Waals surface area (Å²) >= 11 is 0. The lowest BCUT2D eigenvalue weighted by Crippen LogP contribution is -2.44. The molecule has 2 heterocycles. The van der Waals surface area contributed by atoms with Gasteiger partial charge in [-0.2, -0.15) is 0 Å². The molecule has 2 aromatic rings. The van der Waals surface area contributed by atoms with Crippen molar-refractivity contribution in [2.24, 2.45) is 11.8 Å². The van der Waals surface area contributed by atoms with Gasteiger partial charge in [0.05, 0.1) is 6.42 Å². The van der Waals surface area contributed by atoms with Crippen molar-refractivity contribution in [1.29, 1.82) is 0 Å². The average molecular weight is 328 g/mol. The number of piperidine rings is 1. The Bertz CT molecular complexity index is 727. The molecule has 0 aliphatic carbocycles. The van der Waals surface area contributed by atoms with Crippen LogP contribution >= 0.6 is 0 Å². The number of H-pyrrole nitrogens is 1. The van der Waals surface area contributed by atoms with Gasteiger partial charge in [0.2, 0.25) is 0 Å². The fraction of sp³-hybridized carbons (Fsp3) is 0.474. The maximum Gasteiger partial charge on any atom is 0.310 e. The minimum Gasteiger partial charge on any atom is -0.455 e.